The van der Waals surface area contributed by atoms with Gasteiger partial charge in [0.2, 0.25) is 5.95 Å². The van der Waals surface area contributed by atoms with Crippen molar-refractivity contribution in [2.24, 2.45) is 0 Å². The summed E-state index contributed by atoms with van der Waals surface area (Å²) in [6, 6.07) is 6.79. The molecular formula is C27H33F2N7O2S. The summed E-state index contributed by atoms with van der Waals surface area (Å²) in [7, 11) is 0.434. The fourth-order valence-electron chi connectivity index (χ4n) is 5.25. The van der Waals surface area contributed by atoms with E-state index in [-0.39, 0.29) is 46.1 Å². The molecule has 3 aromatic rings. The fourth-order valence-corrected chi connectivity index (χ4v) is 6.74. The summed E-state index contributed by atoms with van der Waals surface area (Å²) >= 11 is 0. The van der Waals surface area contributed by atoms with E-state index in [2.05, 4.69) is 44.2 Å². The van der Waals surface area contributed by atoms with Gasteiger partial charge in [-0.1, -0.05) is 0 Å². The molecule has 1 fully saturated rings. The first-order chi connectivity index (χ1) is 18.5. The number of halogens is 2. The normalized spacial score (nSPS) is 17.5. The summed E-state index contributed by atoms with van der Waals surface area (Å²) in [5.41, 5.74) is 1.22. The van der Waals surface area contributed by atoms with Crippen LogP contribution in [0.3, 0.4) is 0 Å². The fraction of sp³-hybridized carbons (Fsp3) is 0.444. The van der Waals surface area contributed by atoms with E-state index in [1.54, 1.807) is 11.1 Å². The molecule has 2 aliphatic rings. The molecule has 5 rings (SSSR count). The van der Waals surface area contributed by atoms with Crippen LogP contribution in [0.2, 0.25) is 0 Å². The molecular weight excluding hydrogens is 524 g/mol. The summed E-state index contributed by atoms with van der Waals surface area (Å²) in [5, 5.41) is 2.99. The van der Waals surface area contributed by atoms with E-state index in [0.717, 1.165) is 43.9 Å². The van der Waals surface area contributed by atoms with Gasteiger partial charge in [0.25, 0.3) is 0 Å². The van der Waals surface area contributed by atoms with Gasteiger partial charge in [0.1, 0.15) is 22.2 Å². The van der Waals surface area contributed by atoms with Crippen molar-refractivity contribution in [1.82, 2.24) is 19.9 Å². The summed E-state index contributed by atoms with van der Waals surface area (Å²) in [4.78, 5) is 18.8. The summed E-state index contributed by atoms with van der Waals surface area (Å²) in [6.45, 7) is 5.92. The minimum atomic E-state index is -3.78. The highest BCUT2D eigenvalue weighted by Crippen LogP contribution is 2.38. The number of pyridine rings is 1. The van der Waals surface area contributed by atoms with Gasteiger partial charge in [-0.3, -0.25) is 0 Å². The lowest BCUT2D eigenvalue weighted by atomic mass is 10.0. The molecule has 1 saturated heterocycles. The number of anilines is 4. The lowest BCUT2D eigenvalue weighted by Gasteiger charge is -2.36. The Kier molecular flexibility index (Phi) is 7.43. The van der Waals surface area contributed by atoms with Crippen LogP contribution < -0.4 is 15.1 Å². The van der Waals surface area contributed by atoms with Crippen LogP contribution in [0.5, 0.6) is 0 Å². The molecule has 12 heteroatoms. The third-order valence-electron chi connectivity index (χ3n) is 7.43. The summed E-state index contributed by atoms with van der Waals surface area (Å²) in [6.07, 6.45) is 4.96. The Balaban J connectivity index is 1.39. The quantitative estimate of drug-likeness (QED) is 0.481. The molecule has 1 aromatic carbocycles. The van der Waals surface area contributed by atoms with E-state index >= 15 is 4.39 Å². The molecule has 0 amide bonds. The number of aromatic nitrogens is 3. The van der Waals surface area contributed by atoms with Gasteiger partial charge >= 0.3 is 0 Å². The monoisotopic (exact) mass is 557 g/mol. The number of nitrogens with one attached hydrogen (secondary N) is 1. The molecule has 0 aliphatic carbocycles. The average molecular weight is 558 g/mol. The topological polar surface area (TPSA) is 94.6 Å². The maximum absolute atomic E-state index is 15.2. The Morgan fingerprint density at radius 2 is 1.77 bits per heavy atom. The first-order valence-electron chi connectivity index (χ1n) is 13.0. The van der Waals surface area contributed by atoms with Gasteiger partial charge < -0.3 is 20.0 Å². The van der Waals surface area contributed by atoms with Crippen LogP contribution in [-0.2, 0) is 9.84 Å². The van der Waals surface area contributed by atoms with Gasteiger partial charge in [-0.15, -0.1) is 0 Å². The molecule has 0 radical (unpaired) electrons. The van der Waals surface area contributed by atoms with E-state index in [4.69, 9.17) is 0 Å². The summed E-state index contributed by atoms with van der Waals surface area (Å²) in [5.74, 6) is -1.28. The van der Waals surface area contributed by atoms with Crippen molar-refractivity contribution in [1.29, 1.82) is 0 Å². The third-order valence-corrected chi connectivity index (χ3v) is 9.18. The van der Waals surface area contributed by atoms with Crippen LogP contribution in [0.1, 0.15) is 26.7 Å². The molecule has 0 unspecified atom stereocenters. The van der Waals surface area contributed by atoms with Gasteiger partial charge in [0.15, 0.2) is 15.7 Å². The van der Waals surface area contributed by atoms with Crippen molar-refractivity contribution in [3.8, 4) is 11.3 Å². The van der Waals surface area contributed by atoms with Gasteiger partial charge in [-0.25, -0.2) is 32.2 Å². The number of sulfone groups is 1. The first kappa shape index (κ1) is 27.2. The minimum Gasteiger partial charge on any atom is -0.370 e. The number of nitrogens with zero attached hydrogens (tertiary/aromatic N) is 6. The Morgan fingerprint density at radius 1 is 1.03 bits per heavy atom. The lowest BCUT2D eigenvalue weighted by molar-refractivity contribution is 0.249. The molecule has 0 saturated carbocycles. The minimum absolute atomic E-state index is 0.0743. The van der Waals surface area contributed by atoms with Crippen molar-refractivity contribution in [3.05, 3.63) is 48.3 Å². The predicted molar refractivity (Wildman–Crippen MR) is 148 cm³/mol. The van der Waals surface area contributed by atoms with Crippen LogP contribution >= 0.6 is 0 Å². The van der Waals surface area contributed by atoms with Crippen molar-refractivity contribution < 1.29 is 17.2 Å². The highest BCUT2D eigenvalue weighted by molar-refractivity contribution is 7.91. The largest absolute Gasteiger partial charge is 0.370 e. The molecule has 0 spiro atoms. The van der Waals surface area contributed by atoms with E-state index in [0.29, 0.717) is 11.9 Å². The van der Waals surface area contributed by atoms with Gasteiger partial charge in [-0.2, -0.15) is 0 Å². The van der Waals surface area contributed by atoms with E-state index in [1.165, 1.54) is 6.07 Å². The first-order valence-corrected chi connectivity index (χ1v) is 14.7. The molecule has 0 bridgehead atoms. The van der Waals surface area contributed by atoms with E-state index < -0.39 is 21.5 Å². The van der Waals surface area contributed by atoms with Crippen LogP contribution in [-0.4, -0.2) is 79.8 Å². The highest BCUT2D eigenvalue weighted by atomic mass is 32.2. The van der Waals surface area contributed by atoms with Crippen molar-refractivity contribution >= 4 is 33.0 Å². The smallest absolute Gasteiger partial charge is 0.229 e. The predicted octanol–water partition coefficient (Wildman–Crippen LogP) is 4.09. The Hall–Kier alpha value is -3.38. The van der Waals surface area contributed by atoms with Gasteiger partial charge in [0, 0.05) is 37.3 Å². The zero-order chi connectivity index (χ0) is 27.9. The molecule has 1 N–H and O–H groups in total. The average Bonchev–Trinajstić information content (AvgIpc) is 2.89. The van der Waals surface area contributed by atoms with Gasteiger partial charge in [-0.05, 0) is 65.0 Å². The van der Waals surface area contributed by atoms with Crippen LogP contribution in [0.25, 0.3) is 11.3 Å². The molecule has 39 heavy (non-hydrogen) atoms. The lowest BCUT2D eigenvalue weighted by Crippen LogP contribution is -2.42. The number of hydrogen-bond donors (Lipinski definition) is 1. The van der Waals surface area contributed by atoms with Crippen molar-refractivity contribution in [2.75, 3.05) is 54.6 Å². The summed E-state index contributed by atoms with van der Waals surface area (Å²) < 4.78 is 55.3. The maximum atomic E-state index is 15.2. The Morgan fingerprint density at radius 3 is 2.41 bits per heavy atom. The SMILES string of the molecule is CC(C)N1CCS(=O)(=O)c2c(F)cc(-c3nc(Nc4ccc(N5CCC(N(C)C)CC5)cn4)ncc3F)cc21. The second kappa shape index (κ2) is 10.6. The highest BCUT2D eigenvalue weighted by Gasteiger charge is 2.34. The van der Waals surface area contributed by atoms with Crippen LogP contribution in [0, 0.1) is 11.6 Å². The third kappa shape index (κ3) is 5.53. The standard InChI is InChI=1S/C27H33F2N7O2S/c1-17(2)36-11-12-39(37,38)26-21(28)13-18(14-23(26)36)25-22(29)16-31-27(33-25)32-24-6-5-20(15-30-24)35-9-7-19(8-10-35)34(3)4/h5-6,13-17,19H,7-12H2,1-4H3,(H,30,31,32,33). The number of piperidine rings is 1. The number of hydrogen-bond acceptors (Lipinski definition) is 9. The van der Waals surface area contributed by atoms with Gasteiger partial charge in [0.05, 0.1) is 29.5 Å². The Labute approximate surface area is 227 Å². The molecule has 208 valence electrons. The molecule has 9 nitrogen and oxygen atoms in total. The van der Waals surface area contributed by atoms with Crippen molar-refractivity contribution in [2.45, 2.75) is 43.7 Å². The number of rotatable bonds is 6. The molecule has 2 aliphatic heterocycles. The number of fused-ring (bicyclic) bond motifs is 1. The Bertz CT molecular complexity index is 1460. The zero-order valence-electron chi connectivity index (χ0n) is 22.5. The van der Waals surface area contributed by atoms with Crippen LogP contribution in [0.4, 0.5) is 31.9 Å². The molecule has 2 aromatic heterocycles. The zero-order valence-corrected chi connectivity index (χ0v) is 23.3. The second-order valence-electron chi connectivity index (χ2n) is 10.5. The van der Waals surface area contributed by atoms with Crippen LogP contribution in [0.15, 0.2) is 41.6 Å². The molecule has 4 heterocycles. The van der Waals surface area contributed by atoms with E-state index in [9.17, 15) is 12.8 Å². The second-order valence-corrected chi connectivity index (χ2v) is 12.6. The van der Waals surface area contributed by atoms with E-state index in [1.807, 2.05) is 26.0 Å². The maximum Gasteiger partial charge on any atom is 0.229 e. The molecule has 0 atom stereocenters. The van der Waals surface area contributed by atoms with Crippen molar-refractivity contribution in [3.63, 3.8) is 0 Å². The number of benzene rings is 1.